The first-order valence-corrected chi connectivity index (χ1v) is 15.9. The van der Waals surface area contributed by atoms with Crippen LogP contribution in [-0.4, -0.2) is 60.5 Å². The normalized spacial score (nSPS) is 11.3. The molecule has 0 aliphatic carbocycles. The van der Waals surface area contributed by atoms with Gasteiger partial charge in [0.25, 0.3) is 11.4 Å². The number of benzene rings is 2. The molecule has 16 nitrogen and oxygen atoms in total. The van der Waals surface area contributed by atoms with Crippen molar-refractivity contribution >= 4 is 44.0 Å². The van der Waals surface area contributed by atoms with Gasteiger partial charge in [0.15, 0.2) is 21.2 Å². The van der Waals surface area contributed by atoms with Gasteiger partial charge in [0.2, 0.25) is 0 Å². The van der Waals surface area contributed by atoms with Gasteiger partial charge in [-0.1, -0.05) is 27.7 Å². The Bertz CT molecular complexity index is 1470. The molecule has 2 aromatic carbocycles. The molecule has 0 aliphatic heterocycles. The molecule has 0 N–H and O–H groups in total. The molecule has 2 aromatic rings. The molecule has 0 spiro atoms. The van der Waals surface area contributed by atoms with Crippen LogP contribution in [0.4, 0.5) is 47.3 Å². The molecular weight excluding hydrogens is 645 g/mol. The summed E-state index contributed by atoms with van der Waals surface area (Å²) in [7, 11) is -3.81. The van der Waals surface area contributed by atoms with Crippen molar-refractivity contribution in [1.29, 1.82) is 0 Å². The van der Waals surface area contributed by atoms with Crippen LogP contribution in [0.3, 0.4) is 0 Å². The molecule has 0 saturated carbocycles. The predicted molar refractivity (Wildman–Crippen MR) is 163 cm³/mol. The Balaban J connectivity index is 0.000000460. The second kappa shape index (κ2) is 16.6. The average Bonchev–Trinajstić information content (AvgIpc) is 2.94. The number of nitrogens with zero attached hydrogens (tertiary/aromatic N) is 6. The molecule has 256 valence electrons. The monoisotopic (exact) mass is 680 g/mol. The Morgan fingerprint density at radius 1 is 0.609 bits per heavy atom. The molecule has 0 amide bonds. The number of sulfone groups is 1. The number of nitro benzene ring substituents is 4. The van der Waals surface area contributed by atoms with Gasteiger partial charge >= 0.3 is 17.6 Å². The second-order valence-electron chi connectivity index (χ2n) is 9.95. The molecule has 2 rings (SSSR count). The molecule has 0 saturated heterocycles. The first-order valence-electron chi connectivity index (χ1n) is 14.0. The zero-order chi connectivity index (χ0) is 35.6. The van der Waals surface area contributed by atoms with Crippen LogP contribution in [-0.2, 0) is 16.0 Å². The van der Waals surface area contributed by atoms with E-state index in [0.717, 1.165) is 18.4 Å². The number of rotatable bonds is 15. The van der Waals surface area contributed by atoms with Gasteiger partial charge in [0.1, 0.15) is 0 Å². The van der Waals surface area contributed by atoms with Crippen molar-refractivity contribution in [2.75, 3.05) is 42.2 Å². The molecule has 0 aromatic heterocycles. The zero-order valence-electron chi connectivity index (χ0n) is 25.8. The maximum Gasteiger partial charge on any atom is 0.416 e. The quantitative estimate of drug-likeness (QED) is 0.142. The van der Waals surface area contributed by atoms with Crippen LogP contribution in [0.2, 0.25) is 0 Å². The van der Waals surface area contributed by atoms with Crippen LogP contribution in [0, 0.1) is 40.5 Å². The highest BCUT2D eigenvalue weighted by Crippen LogP contribution is 2.43. The van der Waals surface area contributed by atoms with Gasteiger partial charge in [-0.3, -0.25) is 40.5 Å². The summed E-state index contributed by atoms with van der Waals surface area (Å²) >= 11 is 0. The summed E-state index contributed by atoms with van der Waals surface area (Å²) in [6.07, 6.45) is -1.70. The fraction of sp³-hybridized carbons (Fsp3) is 0.538. The first-order chi connectivity index (χ1) is 21.3. The van der Waals surface area contributed by atoms with E-state index in [1.54, 1.807) is 18.7 Å². The van der Waals surface area contributed by atoms with E-state index in [-0.39, 0.29) is 24.5 Å². The summed E-state index contributed by atoms with van der Waals surface area (Å²) in [5, 5.41) is 45.1. The highest BCUT2D eigenvalue weighted by Gasteiger charge is 2.39. The number of nitro groups is 4. The summed E-state index contributed by atoms with van der Waals surface area (Å²) in [5.74, 6) is 0. The van der Waals surface area contributed by atoms with Gasteiger partial charge in [0.05, 0.1) is 30.2 Å². The summed E-state index contributed by atoms with van der Waals surface area (Å²) < 4.78 is 61.8. The van der Waals surface area contributed by atoms with E-state index in [9.17, 15) is 62.0 Å². The molecule has 0 atom stereocenters. The molecule has 0 radical (unpaired) electrons. The van der Waals surface area contributed by atoms with Crippen LogP contribution in [0.25, 0.3) is 0 Å². The molecule has 0 fully saturated rings. The third kappa shape index (κ3) is 10.2. The van der Waals surface area contributed by atoms with Gasteiger partial charge in [-0.05, 0) is 25.7 Å². The molecular formula is C26H35F3N6O10S. The standard InChI is InChI=1S/C13H16F3N3O4.C13H19N3O6S/c1-3-5-17(6-4-2)12-10(18(20)21)7-9(13(14,15)16)8-11(12)19(22)23;1-4-6-14(7-5-2)13-11(15(17)18)8-10(23(3,21)22)9-12(13)16(19)20/h7-8H,3-6H2,1-2H3;8-9H,4-7H2,1-3H3. The SMILES string of the molecule is CCCN(CCC)c1c([N+](=O)[O-])cc(C(F)(F)F)cc1[N+](=O)[O-].CCCN(CCC)c1c([N+](=O)[O-])cc(S(C)(=O)=O)cc1[N+](=O)[O-]. The summed E-state index contributed by atoms with van der Waals surface area (Å²) in [4.78, 5) is 44.0. The fourth-order valence-corrected chi connectivity index (χ4v) is 5.17. The van der Waals surface area contributed by atoms with Crippen molar-refractivity contribution in [3.05, 3.63) is 70.3 Å². The molecule has 20 heteroatoms. The first kappa shape index (κ1) is 39.4. The van der Waals surface area contributed by atoms with E-state index < -0.39 is 68.9 Å². The third-order valence-corrected chi connectivity index (χ3v) is 7.35. The minimum atomic E-state index is -4.91. The summed E-state index contributed by atoms with van der Waals surface area (Å²) in [6, 6.07) is 2.47. The van der Waals surface area contributed by atoms with E-state index >= 15 is 0 Å². The fourth-order valence-electron chi connectivity index (χ4n) is 4.52. The lowest BCUT2D eigenvalue weighted by molar-refractivity contribution is -0.393. The van der Waals surface area contributed by atoms with Crippen molar-refractivity contribution in [2.24, 2.45) is 0 Å². The van der Waals surface area contributed by atoms with E-state index in [1.807, 2.05) is 13.8 Å². The van der Waals surface area contributed by atoms with Crippen LogP contribution in [0.1, 0.15) is 58.9 Å². The van der Waals surface area contributed by atoms with Crippen molar-refractivity contribution in [1.82, 2.24) is 0 Å². The number of halogens is 3. The Morgan fingerprint density at radius 2 is 0.870 bits per heavy atom. The molecule has 46 heavy (non-hydrogen) atoms. The maximum atomic E-state index is 12.8. The number of anilines is 2. The zero-order valence-corrected chi connectivity index (χ0v) is 26.6. The lowest BCUT2D eigenvalue weighted by Gasteiger charge is -2.23. The second-order valence-corrected chi connectivity index (χ2v) is 12.0. The van der Waals surface area contributed by atoms with Gasteiger partial charge in [-0.15, -0.1) is 0 Å². The van der Waals surface area contributed by atoms with Gasteiger partial charge in [0, 0.05) is 56.7 Å². The van der Waals surface area contributed by atoms with Gasteiger partial charge in [-0.2, -0.15) is 13.2 Å². The molecule has 0 unspecified atom stereocenters. The van der Waals surface area contributed by atoms with Gasteiger partial charge in [-0.25, -0.2) is 8.42 Å². The minimum Gasteiger partial charge on any atom is -0.360 e. The summed E-state index contributed by atoms with van der Waals surface area (Å²) in [5.41, 5.74) is -4.88. The Hall–Kier alpha value is -4.62. The average molecular weight is 681 g/mol. The summed E-state index contributed by atoms with van der Waals surface area (Å²) in [6.45, 7) is 8.56. The largest absolute Gasteiger partial charge is 0.416 e. The van der Waals surface area contributed by atoms with E-state index in [4.69, 9.17) is 0 Å². The third-order valence-electron chi connectivity index (χ3n) is 6.26. The molecule has 0 bridgehead atoms. The molecule has 0 aliphatic rings. The number of hydrogen-bond acceptors (Lipinski definition) is 12. The lowest BCUT2D eigenvalue weighted by atomic mass is 10.1. The van der Waals surface area contributed by atoms with Crippen LogP contribution >= 0.6 is 0 Å². The highest BCUT2D eigenvalue weighted by atomic mass is 32.2. The van der Waals surface area contributed by atoms with E-state index in [1.165, 1.54) is 4.90 Å². The Labute approximate surface area is 262 Å². The maximum absolute atomic E-state index is 12.8. The van der Waals surface area contributed by atoms with Crippen LogP contribution in [0.15, 0.2) is 29.2 Å². The van der Waals surface area contributed by atoms with Crippen molar-refractivity contribution in [3.63, 3.8) is 0 Å². The van der Waals surface area contributed by atoms with Crippen molar-refractivity contribution in [3.8, 4) is 0 Å². The van der Waals surface area contributed by atoms with E-state index in [2.05, 4.69) is 0 Å². The smallest absolute Gasteiger partial charge is 0.360 e. The Morgan fingerprint density at radius 3 is 1.07 bits per heavy atom. The molecule has 0 heterocycles. The lowest BCUT2D eigenvalue weighted by Crippen LogP contribution is -2.27. The highest BCUT2D eigenvalue weighted by molar-refractivity contribution is 7.90. The number of alkyl halides is 3. The van der Waals surface area contributed by atoms with Gasteiger partial charge < -0.3 is 9.80 Å². The van der Waals surface area contributed by atoms with Crippen molar-refractivity contribution < 1.29 is 41.3 Å². The van der Waals surface area contributed by atoms with E-state index in [0.29, 0.717) is 50.9 Å². The van der Waals surface area contributed by atoms with Crippen LogP contribution < -0.4 is 9.80 Å². The minimum absolute atomic E-state index is 0.142. The Kier molecular flexibility index (Phi) is 14.2. The van der Waals surface area contributed by atoms with Crippen molar-refractivity contribution in [2.45, 2.75) is 64.5 Å². The topological polar surface area (TPSA) is 213 Å². The number of hydrogen-bond donors (Lipinski definition) is 0. The predicted octanol–water partition coefficient (Wildman–Crippen LogP) is 6.68. The van der Waals surface area contributed by atoms with Crippen LogP contribution in [0.5, 0.6) is 0 Å².